The zero-order valence-corrected chi connectivity index (χ0v) is 11.3. The van der Waals surface area contributed by atoms with Gasteiger partial charge in [-0.25, -0.2) is 9.67 Å². The quantitative estimate of drug-likeness (QED) is 0.804. The average Bonchev–Trinajstić information content (AvgIpc) is 2.75. The number of nitrogen functional groups attached to an aromatic ring is 1. The Hall–Kier alpha value is -1.88. The maximum Gasteiger partial charge on any atom is 0.138 e. The molecule has 0 amide bonds. The number of anilines is 1. The van der Waals surface area contributed by atoms with Crippen LogP contribution in [-0.4, -0.2) is 19.9 Å². The molecular formula is C14H20N4O. The third kappa shape index (κ3) is 3.54. The van der Waals surface area contributed by atoms with E-state index in [2.05, 4.69) is 23.9 Å². The molecule has 1 aromatic carbocycles. The zero-order valence-electron chi connectivity index (χ0n) is 11.3. The predicted octanol–water partition coefficient (Wildman–Crippen LogP) is 1.79. The van der Waals surface area contributed by atoms with E-state index in [1.54, 1.807) is 12.1 Å². The molecule has 0 spiro atoms. The van der Waals surface area contributed by atoms with Crippen molar-refractivity contribution in [1.82, 2.24) is 14.8 Å². The van der Waals surface area contributed by atoms with Gasteiger partial charge in [0.2, 0.25) is 0 Å². The highest BCUT2D eigenvalue weighted by Crippen LogP contribution is 2.19. The molecule has 0 aliphatic heterocycles. The van der Waals surface area contributed by atoms with E-state index >= 15 is 0 Å². The zero-order chi connectivity index (χ0) is 13.8. The molecule has 102 valence electrons. The van der Waals surface area contributed by atoms with E-state index in [4.69, 9.17) is 5.73 Å². The van der Waals surface area contributed by atoms with Gasteiger partial charge in [-0.15, -0.1) is 0 Å². The number of aliphatic hydroxyl groups excluding tert-OH is 1. The molecule has 5 heteroatoms. The lowest BCUT2D eigenvalue weighted by Gasteiger charge is -2.13. The van der Waals surface area contributed by atoms with Crippen LogP contribution in [-0.2, 0) is 13.0 Å². The molecule has 1 aromatic heterocycles. The van der Waals surface area contributed by atoms with Gasteiger partial charge in [-0.2, -0.15) is 5.10 Å². The van der Waals surface area contributed by atoms with Crippen LogP contribution >= 0.6 is 0 Å². The van der Waals surface area contributed by atoms with Crippen molar-refractivity contribution in [2.45, 2.75) is 32.9 Å². The Morgan fingerprint density at radius 1 is 1.37 bits per heavy atom. The second-order valence-corrected chi connectivity index (χ2v) is 5.14. The number of rotatable bonds is 5. The van der Waals surface area contributed by atoms with E-state index in [1.807, 2.05) is 16.8 Å². The summed E-state index contributed by atoms with van der Waals surface area (Å²) in [7, 11) is 0. The number of nitrogens with two attached hydrogens (primary N) is 1. The average molecular weight is 260 g/mol. The number of benzene rings is 1. The minimum absolute atomic E-state index is 0.441. The number of aromatic nitrogens is 3. The summed E-state index contributed by atoms with van der Waals surface area (Å²) in [6.45, 7) is 5.05. The smallest absolute Gasteiger partial charge is 0.138 e. The first kappa shape index (κ1) is 13.5. The van der Waals surface area contributed by atoms with E-state index in [1.165, 1.54) is 6.33 Å². The Morgan fingerprint density at radius 2 is 2.16 bits per heavy atom. The highest BCUT2D eigenvalue weighted by Gasteiger charge is 2.14. The molecule has 0 aliphatic carbocycles. The van der Waals surface area contributed by atoms with Crippen molar-refractivity contribution in [2.75, 3.05) is 5.73 Å². The van der Waals surface area contributed by atoms with Crippen LogP contribution in [0.4, 0.5) is 5.69 Å². The summed E-state index contributed by atoms with van der Waals surface area (Å²) in [5, 5.41) is 14.4. The lowest BCUT2D eigenvalue weighted by Crippen LogP contribution is -2.13. The Kier molecular flexibility index (Phi) is 4.16. The van der Waals surface area contributed by atoms with Gasteiger partial charge in [-0.05, 0) is 23.6 Å². The summed E-state index contributed by atoms with van der Waals surface area (Å²) >= 11 is 0. The van der Waals surface area contributed by atoms with E-state index in [0.717, 1.165) is 17.9 Å². The van der Waals surface area contributed by atoms with Crippen LogP contribution < -0.4 is 5.73 Å². The van der Waals surface area contributed by atoms with Gasteiger partial charge in [0.15, 0.2) is 0 Å². The molecule has 1 atom stereocenters. The van der Waals surface area contributed by atoms with E-state index in [9.17, 15) is 5.11 Å². The molecule has 0 saturated heterocycles. The van der Waals surface area contributed by atoms with Gasteiger partial charge < -0.3 is 10.8 Å². The fraction of sp³-hybridized carbons (Fsp3) is 0.429. The van der Waals surface area contributed by atoms with Gasteiger partial charge in [0, 0.05) is 18.7 Å². The second kappa shape index (κ2) is 5.84. The first-order chi connectivity index (χ1) is 9.06. The number of aliphatic hydroxyl groups is 1. The largest absolute Gasteiger partial charge is 0.399 e. The lowest BCUT2D eigenvalue weighted by molar-refractivity contribution is 0.173. The van der Waals surface area contributed by atoms with Crippen LogP contribution in [0.2, 0.25) is 0 Å². The molecule has 2 aromatic rings. The summed E-state index contributed by atoms with van der Waals surface area (Å²) in [6.07, 6.45) is 1.36. The van der Waals surface area contributed by atoms with Crippen molar-refractivity contribution < 1.29 is 5.11 Å². The Bertz CT molecular complexity index is 536. The van der Waals surface area contributed by atoms with E-state index in [-0.39, 0.29) is 0 Å². The van der Waals surface area contributed by atoms with Crippen LogP contribution in [0.5, 0.6) is 0 Å². The molecule has 0 fully saturated rings. The number of hydrogen-bond donors (Lipinski definition) is 2. The molecule has 2 rings (SSSR count). The number of nitrogens with zero attached hydrogens (tertiary/aromatic N) is 3. The predicted molar refractivity (Wildman–Crippen MR) is 74.4 cm³/mol. The maximum atomic E-state index is 10.2. The summed E-state index contributed by atoms with van der Waals surface area (Å²) in [5.74, 6) is 1.29. The molecule has 0 radical (unpaired) electrons. The van der Waals surface area contributed by atoms with Crippen LogP contribution in [0.15, 0.2) is 30.6 Å². The van der Waals surface area contributed by atoms with Gasteiger partial charge in [0.1, 0.15) is 12.2 Å². The molecule has 0 bridgehead atoms. The van der Waals surface area contributed by atoms with Crippen LogP contribution in [0.3, 0.4) is 0 Å². The first-order valence-corrected chi connectivity index (χ1v) is 6.46. The molecule has 19 heavy (non-hydrogen) atoms. The van der Waals surface area contributed by atoms with Crippen molar-refractivity contribution in [1.29, 1.82) is 0 Å². The standard InChI is InChI=1S/C14H20N4O/c1-10(2)8-18-14(16-9-17-18)7-13(19)11-4-3-5-12(15)6-11/h3-6,9-10,13,19H,7-8,15H2,1-2H3. The summed E-state index contributed by atoms with van der Waals surface area (Å²) in [4.78, 5) is 4.22. The number of hydrogen-bond acceptors (Lipinski definition) is 4. The molecule has 1 unspecified atom stereocenters. The molecule has 5 nitrogen and oxygen atoms in total. The Balaban J connectivity index is 2.10. The van der Waals surface area contributed by atoms with Crippen molar-refractivity contribution in [3.05, 3.63) is 42.0 Å². The summed E-state index contributed by atoms with van der Waals surface area (Å²) in [6, 6.07) is 7.29. The van der Waals surface area contributed by atoms with Gasteiger partial charge in [0.05, 0.1) is 6.10 Å². The highest BCUT2D eigenvalue weighted by atomic mass is 16.3. The minimum atomic E-state index is -0.612. The Morgan fingerprint density at radius 3 is 2.84 bits per heavy atom. The van der Waals surface area contributed by atoms with Gasteiger partial charge in [0.25, 0.3) is 0 Å². The fourth-order valence-electron chi connectivity index (χ4n) is 2.00. The second-order valence-electron chi connectivity index (χ2n) is 5.14. The normalized spacial score (nSPS) is 12.8. The summed E-state index contributed by atoms with van der Waals surface area (Å²) < 4.78 is 1.85. The first-order valence-electron chi connectivity index (χ1n) is 6.46. The van der Waals surface area contributed by atoms with Crippen molar-refractivity contribution in [3.8, 4) is 0 Å². The van der Waals surface area contributed by atoms with Crippen LogP contribution in [0.1, 0.15) is 31.3 Å². The molecule has 0 aliphatic rings. The molecular weight excluding hydrogens is 240 g/mol. The topological polar surface area (TPSA) is 77.0 Å². The molecule has 1 heterocycles. The Labute approximate surface area is 113 Å². The molecule has 3 N–H and O–H groups in total. The third-order valence-electron chi connectivity index (χ3n) is 2.91. The summed E-state index contributed by atoms with van der Waals surface area (Å²) in [5.41, 5.74) is 7.18. The SMILES string of the molecule is CC(C)Cn1ncnc1CC(O)c1cccc(N)c1. The van der Waals surface area contributed by atoms with Gasteiger partial charge in [-0.3, -0.25) is 0 Å². The van der Waals surface area contributed by atoms with E-state index < -0.39 is 6.10 Å². The monoisotopic (exact) mass is 260 g/mol. The van der Waals surface area contributed by atoms with Crippen molar-refractivity contribution in [2.24, 2.45) is 5.92 Å². The maximum absolute atomic E-state index is 10.2. The van der Waals surface area contributed by atoms with E-state index in [0.29, 0.717) is 18.0 Å². The highest BCUT2D eigenvalue weighted by molar-refractivity contribution is 5.41. The minimum Gasteiger partial charge on any atom is -0.399 e. The van der Waals surface area contributed by atoms with Crippen molar-refractivity contribution >= 4 is 5.69 Å². The van der Waals surface area contributed by atoms with Crippen molar-refractivity contribution in [3.63, 3.8) is 0 Å². The van der Waals surface area contributed by atoms with Crippen LogP contribution in [0.25, 0.3) is 0 Å². The fourth-order valence-corrected chi connectivity index (χ4v) is 2.00. The molecule has 0 saturated carbocycles. The van der Waals surface area contributed by atoms with Crippen LogP contribution in [0, 0.1) is 5.92 Å². The third-order valence-corrected chi connectivity index (χ3v) is 2.91. The van der Waals surface area contributed by atoms with Gasteiger partial charge >= 0.3 is 0 Å². The lowest BCUT2D eigenvalue weighted by atomic mass is 10.1. The van der Waals surface area contributed by atoms with Gasteiger partial charge in [-0.1, -0.05) is 26.0 Å².